The Balaban J connectivity index is 1.93. The quantitative estimate of drug-likeness (QED) is 0.858. The highest BCUT2D eigenvalue weighted by molar-refractivity contribution is 5.46. The lowest BCUT2D eigenvalue weighted by Gasteiger charge is -2.11. The molecule has 106 valence electrons. The first-order valence-electron chi connectivity index (χ1n) is 6.79. The lowest BCUT2D eigenvalue weighted by atomic mass is 10.2. The summed E-state index contributed by atoms with van der Waals surface area (Å²) in [5.74, 6) is 1.71. The van der Waals surface area contributed by atoms with Crippen molar-refractivity contribution in [1.82, 2.24) is 0 Å². The molecule has 0 unspecified atom stereocenters. The molecule has 0 aliphatic carbocycles. The Kier molecular flexibility index (Phi) is 4.88. The molecule has 0 saturated heterocycles. The average Bonchev–Trinajstić information content (AvgIpc) is 2.46. The van der Waals surface area contributed by atoms with Gasteiger partial charge in [0.15, 0.2) is 0 Å². The molecule has 1 N–H and O–H groups in total. The molecule has 3 nitrogen and oxygen atoms in total. The number of nitrogens with one attached hydrogen (secondary N) is 1. The lowest BCUT2D eigenvalue weighted by Crippen LogP contribution is -2.09. The Bertz CT molecular complexity index is 535. The van der Waals surface area contributed by atoms with Gasteiger partial charge in [-0.05, 0) is 55.8 Å². The van der Waals surface area contributed by atoms with E-state index >= 15 is 0 Å². The van der Waals surface area contributed by atoms with Crippen molar-refractivity contribution in [1.29, 1.82) is 0 Å². The third-order valence-corrected chi connectivity index (χ3v) is 2.85. The van der Waals surface area contributed by atoms with Gasteiger partial charge in [-0.25, -0.2) is 0 Å². The molecule has 0 aliphatic heterocycles. The Morgan fingerprint density at radius 3 is 2.40 bits per heavy atom. The monoisotopic (exact) mass is 271 g/mol. The van der Waals surface area contributed by atoms with Gasteiger partial charge in [0.2, 0.25) is 0 Å². The number of rotatable bonds is 6. The zero-order valence-corrected chi connectivity index (χ0v) is 12.2. The normalized spacial score (nSPS) is 10.4. The molecule has 0 spiro atoms. The molecule has 0 bridgehead atoms. The predicted molar refractivity (Wildman–Crippen MR) is 82.5 cm³/mol. The van der Waals surface area contributed by atoms with Gasteiger partial charge in [-0.1, -0.05) is 12.1 Å². The highest BCUT2D eigenvalue weighted by Crippen LogP contribution is 2.19. The smallest absolute Gasteiger partial charge is 0.119 e. The second kappa shape index (κ2) is 6.85. The maximum absolute atomic E-state index is 5.77. The fourth-order valence-electron chi connectivity index (χ4n) is 1.91. The van der Waals surface area contributed by atoms with Gasteiger partial charge in [0.05, 0.1) is 7.11 Å². The molecule has 0 heterocycles. The van der Waals surface area contributed by atoms with E-state index in [9.17, 15) is 0 Å². The highest BCUT2D eigenvalue weighted by Gasteiger charge is 1.99. The van der Waals surface area contributed by atoms with E-state index in [0.29, 0.717) is 12.6 Å². The van der Waals surface area contributed by atoms with Crippen LogP contribution in [0.3, 0.4) is 0 Å². The van der Waals surface area contributed by atoms with E-state index in [2.05, 4.69) is 19.2 Å². The summed E-state index contributed by atoms with van der Waals surface area (Å²) in [6.07, 6.45) is 0. The van der Waals surface area contributed by atoms with E-state index in [0.717, 1.165) is 22.7 Å². The zero-order chi connectivity index (χ0) is 14.4. The van der Waals surface area contributed by atoms with E-state index in [1.165, 1.54) is 0 Å². The van der Waals surface area contributed by atoms with Gasteiger partial charge < -0.3 is 14.8 Å². The molecule has 20 heavy (non-hydrogen) atoms. The van der Waals surface area contributed by atoms with Crippen LogP contribution >= 0.6 is 0 Å². The van der Waals surface area contributed by atoms with E-state index < -0.39 is 0 Å². The summed E-state index contributed by atoms with van der Waals surface area (Å²) in [5, 5.41) is 3.35. The van der Waals surface area contributed by atoms with Gasteiger partial charge in [0, 0.05) is 11.7 Å². The lowest BCUT2D eigenvalue weighted by molar-refractivity contribution is 0.305. The molecule has 0 saturated carbocycles. The first-order chi connectivity index (χ1) is 9.67. The molecule has 2 aromatic carbocycles. The van der Waals surface area contributed by atoms with Gasteiger partial charge in [0.25, 0.3) is 0 Å². The van der Waals surface area contributed by atoms with Crippen LogP contribution in [0.4, 0.5) is 5.69 Å². The molecule has 2 rings (SSSR count). The van der Waals surface area contributed by atoms with E-state index in [1.807, 2.05) is 48.5 Å². The van der Waals surface area contributed by atoms with Crippen LogP contribution in [-0.2, 0) is 6.61 Å². The van der Waals surface area contributed by atoms with Crippen molar-refractivity contribution in [2.45, 2.75) is 26.5 Å². The zero-order valence-electron chi connectivity index (χ0n) is 12.2. The maximum Gasteiger partial charge on any atom is 0.119 e. The van der Waals surface area contributed by atoms with Gasteiger partial charge >= 0.3 is 0 Å². The predicted octanol–water partition coefficient (Wildman–Crippen LogP) is 4.09. The number of methoxy groups -OCH3 is 1. The average molecular weight is 271 g/mol. The molecule has 0 radical (unpaired) electrons. The fourth-order valence-corrected chi connectivity index (χ4v) is 1.91. The first-order valence-corrected chi connectivity index (χ1v) is 6.79. The Labute approximate surface area is 120 Å². The number of anilines is 1. The number of benzene rings is 2. The number of hydrogen-bond acceptors (Lipinski definition) is 3. The molecule has 0 amide bonds. The van der Waals surface area contributed by atoms with Crippen LogP contribution in [0.5, 0.6) is 11.5 Å². The van der Waals surface area contributed by atoms with E-state index in [4.69, 9.17) is 9.47 Å². The highest BCUT2D eigenvalue weighted by atomic mass is 16.5. The Morgan fingerprint density at radius 1 is 1.00 bits per heavy atom. The van der Waals surface area contributed by atoms with Crippen LogP contribution in [0.15, 0.2) is 48.5 Å². The summed E-state index contributed by atoms with van der Waals surface area (Å²) in [6.45, 7) is 4.77. The first kappa shape index (κ1) is 14.3. The van der Waals surface area contributed by atoms with Gasteiger partial charge in [-0.15, -0.1) is 0 Å². The standard InChI is InChI=1S/C17H21NO2/c1-13(2)18-15-7-9-16(10-8-15)20-12-14-5-4-6-17(11-14)19-3/h4-11,13,18H,12H2,1-3H3. The fraction of sp³-hybridized carbons (Fsp3) is 0.294. The number of hydrogen-bond donors (Lipinski definition) is 1. The molecular formula is C17H21NO2. The molecular weight excluding hydrogens is 250 g/mol. The molecule has 0 aliphatic rings. The van der Waals surface area contributed by atoms with E-state index in [-0.39, 0.29) is 0 Å². The van der Waals surface area contributed by atoms with Crippen molar-refractivity contribution in [3.8, 4) is 11.5 Å². The minimum Gasteiger partial charge on any atom is -0.497 e. The molecule has 3 heteroatoms. The SMILES string of the molecule is COc1cccc(COc2ccc(NC(C)C)cc2)c1. The molecule has 0 fully saturated rings. The summed E-state index contributed by atoms with van der Waals surface area (Å²) >= 11 is 0. The van der Waals surface area contributed by atoms with Crippen molar-refractivity contribution in [2.75, 3.05) is 12.4 Å². The van der Waals surface area contributed by atoms with Crippen LogP contribution in [0.2, 0.25) is 0 Å². The summed E-state index contributed by atoms with van der Waals surface area (Å²) < 4.78 is 11.0. The Morgan fingerprint density at radius 2 is 1.75 bits per heavy atom. The molecule has 2 aromatic rings. The van der Waals surface area contributed by atoms with Crippen LogP contribution in [0, 0.1) is 0 Å². The summed E-state index contributed by atoms with van der Waals surface area (Å²) in [4.78, 5) is 0. The Hall–Kier alpha value is -2.16. The van der Waals surface area contributed by atoms with E-state index in [1.54, 1.807) is 7.11 Å². The van der Waals surface area contributed by atoms with Gasteiger partial charge in [-0.3, -0.25) is 0 Å². The van der Waals surface area contributed by atoms with Gasteiger partial charge in [0.1, 0.15) is 18.1 Å². The van der Waals surface area contributed by atoms with Crippen molar-refractivity contribution in [3.63, 3.8) is 0 Å². The second-order valence-electron chi connectivity index (χ2n) is 4.96. The second-order valence-corrected chi connectivity index (χ2v) is 4.96. The van der Waals surface area contributed by atoms with Crippen molar-refractivity contribution in [2.24, 2.45) is 0 Å². The molecule has 0 aromatic heterocycles. The maximum atomic E-state index is 5.77. The van der Waals surface area contributed by atoms with Crippen molar-refractivity contribution < 1.29 is 9.47 Å². The van der Waals surface area contributed by atoms with Crippen LogP contribution in [0.1, 0.15) is 19.4 Å². The summed E-state index contributed by atoms with van der Waals surface area (Å²) in [7, 11) is 1.67. The molecule has 0 atom stereocenters. The van der Waals surface area contributed by atoms with Gasteiger partial charge in [-0.2, -0.15) is 0 Å². The largest absolute Gasteiger partial charge is 0.497 e. The van der Waals surface area contributed by atoms with Crippen LogP contribution < -0.4 is 14.8 Å². The summed E-state index contributed by atoms with van der Waals surface area (Å²) in [5.41, 5.74) is 2.20. The topological polar surface area (TPSA) is 30.5 Å². The van der Waals surface area contributed by atoms with Crippen LogP contribution in [0.25, 0.3) is 0 Å². The third kappa shape index (κ3) is 4.19. The van der Waals surface area contributed by atoms with Crippen molar-refractivity contribution >= 4 is 5.69 Å². The summed E-state index contributed by atoms with van der Waals surface area (Å²) in [6, 6.07) is 16.3. The minimum absolute atomic E-state index is 0.429. The number of ether oxygens (including phenoxy) is 2. The minimum atomic E-state index is 0.429. The van der Waals surface area contributed by atoms with Crippen molar-refractivity contribution in [3.05, 3.63) is 54.1 Å². The third-order valence-electron chi connectivity index (χ3n) is 2.85. The van der Waals surface area contributed by atoms with Crippen LogP contribution in [-0.4, -0.2) is 13.2 Å².